The van der Waals surface area contributed by atoms with Crippen LogP contribution in [0.25, 0.3) is 21.8 Å². The van der Waals surface area contributed by atoms with Gasteiger partial charge in [0, 0.05) is 52.0 Å². The Labute approximate surface area is 220 Å². The van der Waals surface area contributed by atoms with Gasteiger partial charge in [-0.1, -0.05) is 42.5 Å². The fourth-order valence-electron chi connectivity index (χ4n) is 3.92. The van der Waals surface area contributed by atoms with Gasteiger partial charge >= 0.3 is 0 Å². The van der Waals surface area contributed by atoms with Crippen LogP contribution in [-0.4, -0.2) is 35.2 Å². The first-order chi connectivity index (χ1) is 17.6. The zero-order chi connectivity index (χ0) is 25.2. The molecule has 4 rings (SSSR count). The molecule has 0 saturated carbocycles. The van der Waals surface area contributed by atoms with Gasteiger partial charge in [0.2, 0.25) is 0 Å². The van der Waals surface area contributed by atoms with E-state index < -0.39 is 0 Å². The fourth-order valence-corrected chi connectivity index (χ4v) is 4.25. The maximum atomic E-state index is 12.0. The van der Waals surface area contributed by atoms with Crippen LogP contribution in [0.4, 0.5) is 11.4 Å². The molecule has 0 aliphatic carbocycles. The molecule has 186 valence electrons. The molecule has 0 fully saturated rings. The number of nitrogens with zero attached hydrogens (tertiary/aromatic N) is 3. The van der Waals surface area contributed by atoms with Crippen LogP contribution in [-0.2, 0) is 4.79 Å². The second-order valence-corrected chi connectivity index (χ2v) is 9.27. The van der Waals surface area contributed by atoms with Crippen molar-refractivity contribution in [1.82, 2.24) is 15.3 Å². The van der Waals surface area contributed by atoms with E-state index in [0.29, 0.717) is 16.6 Å². The van der Waals surface area contributed by atoms with Crippen LogP contribution in [0.15, 0.2) is 66.0 Å². The predicted molar refractivity (Wildman–Crippen MR) is 150 cm³/mol. The third-order valence-corrected chi connectivity index (χ3v) is 6.21. The highest BCUT2D eigenvalue weighted by atomic mass is 35.5. The van der Waals surface area contributed by atoms with Gasteiger partial charge in [0.15, 0.2) is 0 Å². The molecule has 4 aromatic rings. The summed E-state index contributed by atoms with van der Waals surface area (Å²) in [6.45, 7) is 1.53. The average Bonchev–Trinajstić information content (AvgIpc) is 2.87. The number of unbranched alkanes of at least 4 members (excludes halogenated alkanes) is 4. The Morgan fingerprint density at radius 2 is 1.36 bits per heavy atom. The normalized spacial score (nSPS) is 11.3. The van der Waals surface area contributed by atoms with E-state index in [1.165, 1.54) is 6.21 Å². The third kappa shape index (κ3) is 7.29. The van der Waals surface area contributed by atoms with Gasteiger partial charge in [-0.15, -0.1) is 0 Å². The van der Waals surface area contributed by atoms with Crippen molar-refractivity contribution in [3.05, 3.63) is 71.0 Å². The molecule has 0 aliphatic rings. The Kier molecular flexibility index (Phi) is 9.30. The molecule has 1 amide bonds. The zero-order valence-electron chi connectivity index (χ0n) is 19.8. The summed E-state index contributed by atoms with van der Waals surface area (Å²) < 4.78 is 0. The van der Waals surface area contributed by atoms with Gasteiger partial charge < -0.3 is 10.6 Å². The van der Waals surface area contributed by atoms with Crippen molar-refractivity contribution >= 4 is 68.5 Å². The monoisotopic (exact) mass is 522 g/mol. The number of pyridine rings is 2. The van der Waals surface area contributed by atoms with Crippen molar-refractivity contribution in [2.24, 2.45) is 5.10 Å². The van der Waals surface area contributed by atoms with Crippen LogP contribution >= 0.6 is 23.2 Å². The molecule has 0 aliphatic heterocycles. The van der Waals surface area contributed by atoms with Gasteiger partial charge in [0.1, 0.15) is 6.21 Å². The quantitative estimate of drug-likeness (QED) is 0.110. The van der Waals surface area contributed by atoms with E-state index in [1.807, 2.05) is 30.3 Å². The summed E-state index contributed by atoms with van der Waals surface area (Å²) in [6, 6.07) is 15.0. The van der Waals surface area contributed by atoms with Crippen molar-refractivity contribution in [2.75, 3.05) is 23.8 Å². The van der Waals surface area contributed by atoms with E-state index >= 15 is 0 Å². The number of benzene rings is 2. The molecule has 0 radical (unpaired) electrons. The standard InChI is InChI=1S/C27H28Cl2N6O/c28-19-6-8-21-23(10-14-31-25(21)16-19)30-12-4-2-1-3-5-13-33-27(36)18-34-35-24-11-15-32-26-17-20(29)7-9-22(24)26/h6-11,14-18H,1-5,12-13H2,(H,30,31)(H,32,35)(H,33,36)/b34-18+. The summed E-state index contributed by atoms with van der Waals surface area (Å²) in [6.07, 6.45) is 10.1. The van der Waals surface area contributed by atoms with E-state index in [2.05, 4.69) is 31.1 Å². The number of hydrogen-bond acceptors (Lipinski definition) is 6. The van der Waals surface area contributed by atoms with Crippen LogP contribution in [0.1, 0.15) is 32.1 Å². The fraction of sp³-hybridized carbons (Fsp3) is 0.259. The molecule has 0 saturated heterocycles. The lowest BCUT2D eigenvalue weighted by Gasteiger charge is -2.09. The highest BCUT2D eigenvalue weighted by Crippen LogP contribution is 2.25. The molecule has 2 aromatic heterocycles. The summed E-state index contributed by atoms with van der Waals surface area (Å²) in [5, 5.41) is 13.7. The van der Waals surface area contributed by atoms with E-state index in [1.54, 1.807) is 30.6 Å². The number of hydrogen-bond donors (Lipinski definition) is 3. The van der Waals surface area contributed by atoms with E-state index in [4.69, 9.17) is 23.2 Å². The van der Waals surface area contributed by atoms with Crippen molar-refractivity contribution in [2.45, 2.75) is 32.1 Å². The highest BCUT2D eigenvalue weighted by Gasteiger charge is 2.03. The Hall–Kier alpha value is -3.42. The lowest BCUT2D eigenvalue weighted by atomic mass is 10.1. The smallest absolute Gasteiger partial charge is 0.264 e. The van der Waals surface area contributed by atoms with Crippen LogP contribution < -0.4 is 16.1 Å². The molecule has 2 aromatic carbocycles. The Morgan fingerprint density at radius 1 is 0.778 bits per heavy atom. The molecule has 36 heavy (non-hydrogen) atoms. The predicted octanol–water partition coefficient (Wildman–Crippen LogP) is 6.67. The van der Waals surface area contributed by atoms with Crippen LogP contribution in [0.3, 0.4) is 0 Å². The third-order valence-electron chi connectivity index (χ3n) is 5.74. The minimum Gasteiger partial charge on any atom is -0.384 e. The zero-order valence-corrected chi connectivity index (χ0v) is 21.3. The molecule has 2 heterocycles. The largest absolute Gasteiger partial charge is 0.384 e. The lowest BCUT2D eigenvalue weighted by molar-refractivity contribution is -0.114. The summed E-state index contributed by atoms with van der Waals surface area (Å²) >= 11 is 12.1. The minimum absolute atomic E-state index is 0.223. The number of nitrogens with one attached hydrogen (secondary N) is 3. The van der Waals surface area contributed by atoms with E-state index in [0.717, 1.165) is 71.8 Å². The van der Waals surface area contributed by atoms with Crippen LogP contribution in [0.5, 0.6) is 0 Å². The van der Waals surface area contributed by atoms with Crippen molar-refractivity contribution < 1.29 is 4.79 Å². The molecular weight excluding hydrogens is 495 g/mol. The molecule has 3 N–H and O–H groups in total. The second-order valence-electron chi connectivity index (χ2n) is 8.40. The molecule has 0 bridgehead atoms. The van der Waals surface area contributed by atoms with Gasteiger partial charge in [-0.25, -0.2) is 0 Å². The summed E-state index contributed by atoms with van der Waals surface area (Å²) in [5.41, 5.74) is 6.40. The summed E-state index contributed by atoms with van der Waals surface area (Å²) in [5.74, 6) is -0.223. The molecule has 0 atom stereocenters. The molecule has 0 spiro atoms. The number of carbonyl (C=O) groups is 1. The number of fused-ring (bicyclic) bond motifs is 2. The molecular formula is C27H28Cl2N6O. The Bertz CT molecular complexity index is 1360. The number of amides is 1. The van der Waals surface area contributed by atoms with Crippen molar-refractivity contribution in [3.8, 4) is 0 Å². The maximum absolute atomic E-state index is 12.0. The maximum Gasteiger partial charge on any atom is 0.264 e. The van der Waals surface area contributed by atoms with E-state index in [-0.39, 0.29) is 5.91 Å². The van der Waals surface area contributed by atoms with Gasteiger partial charge in [-0.3, -0.25) is 20.2 Å². The van der Waals surface area contributed by atoms with Crippen LogP contribution in [0.2, 0.25) is 10.0 Å². The van der Waals surface area contributed by atoms with Crippen molar-refractivity contribution in [1.29, 1.82) is 0 Å². The number of anilines is 2. The van der Waals surface area contributed by atoms with Gasteiger partial charge in [-0.05, 0) is 61.4 Å². The summed E-state index contributed by atoms with van der Waals surface area (Å²) in [7, 11) is 0. The Balaban J connectivity index is 1.07. The van der Waals surface area contributed by atoms with Crippen molar-refractivity contribution in [3.63, 3.8) is 0 Å². The SMILES string of the molecule is O=C(/C=N/Nc1ccnc2cc(Cl)ccc12)NCCCCCCCNc1ccnc2cc(Cl)ccc12. The minimum atomic E-state index is -0.223. The van der Waals surface area contributed by atoms with Gasteiger partial charge in [0.05, 0.1) is 16.7 Å². The average molecular weight is 523 g/mol. The highest BCUT2D eigenvalue weighted by molar-refractivity contribution is 6.31. The number of rotatable bonds is 12. The molecule has 0 unspecified atom stereocenters. The van der Waals surface area contributed by atoms with Crippen LogP contribution in [0, 0.1) is 0 Å². The first-order valence-corrected chi connectivity index (χ1v) is 12.7. The second kappa shape index (κ2) is 13.0. The first-order valence-electron chi connectivity index (χ1n) is 12.0. The number of hydrazone groups is 1. The first kappa shape index (κ1) is 25.7. The Morgan fingerprint density at radius 3 is 2.06 bits per heavy atom. The molecule has 7 nitrogen and oxygen atoms in total. The van der Waals surface area contributed by atoms with Gasteiger partial charge in [0.25, 0.3) is 5.91 Å². The summed E-state index contributed by atoms with van der Waals surface area (Å²) in [4.78, 5) is 20.7. The van der Waals surface area contributed by atoms with E-state index in [9.17, 15) is 4.79 Å². The number of halogens is 2. The topological polar surface area (TPSA) is 91.3 Å². The molecule has 9 heteroatoms. The lowest BCUT2D eigenvalue weighted by Crippen LogP contribution is -2.25. The number of aromatic nitrogens is 2. The number of carbonyl (C=O) groups excluding carboxylic acids is 1. The van der Waals surface area contributed by atoms with Gasteiger partial charge in [-0.2, -0.15) is 5.10 Å².